The van der Waals surface area contributed by atoms with Crippen molar-refractivity contribution in [1.82, 2.24) is 30.0 Å². The maximum absolute atomic E-state index is 14.1. The fourth-order valence-corrected chi connectivity index (χ4v) is 8.90. The van der Waals surface area contributed by atoms with Gasteiger partial charge < -0.3 is 29.9 Å². The third-order valence-electron chi connectivity index (χ3n) is 10.5. The van der Waals surface area contributed by atoms with Crippen LogP contribution in [0.15, 0.2) is 45.3 Å². The lowest BCUT2D eigenvalue weighted by Crippen LogP contribution is -2.57. The standard InChI is InChI=1S/C35H45Br2N7O7/c36-27-19-23(20-28(37)32(27)46)21-30(33(47)42-17-15-41(16-18-42)25-6-10-40(11-7-25)22-31(45)39-50)51-35(49)43-12-8-26(9-13-43)44-14-5-24-3-1-2-4-29(24)38-34(44)48/h1-4,19-20,25-26,30,46,50H,5-18,21-22H2,(H,38,48)(H,39,45). The number of ether oxygens (including phenoxy) is 1. The van der Waals surface area contributed by atoms with Crippen LogP contribution in [0.3, 0.4) is 0 Å². The van der Waals surface area contributed by atoms with E-state index in [1.54, 1.807) is 27.4 Å². The van der Waals surface area contributed by atoms with Crippen LogP contribution in [-0.2, 0) is 27.2 Å². The van der Waals surface area contributed by atoms with Gasteiger partial charge in [0.2, 0.25) is 0 Å². The SMILES string of the molecule is O=C(CN1CCC(N2CCN(C(=O)C(Cc3cc(Br)c(O)c(Br)c3)OC(=O)N3CCC(N4CCc5ccccc5NC4=O)CC3)CC2)CC1)NO. The number of hydrogen-bond donors (Lipinski definition) is 4. The molecule has 4 heterocycles. The van der Waals surface area contributed by atoms with Crippen molar-refractivity contribution in [1.29, 1.82) is 0 Å². The van der Waals surface area contributed by atoms with Gasteiger partial charge in [-0.3, -0.25) is 24.6 Å². The number of urea groups is 1. The number of hydroxylamine groups is 1. The molecule has 276 valence electrons. The number of halogens is 2. The van der Waals surface area contributed by atoms with Crippen molar-refractivity contribution in [2.75, 3.05) is 70.8 Å². The number of piperazine rings is 1. The quantitative estimate of drug-likeness (QED) is 0.230. The Balaban J connectivity index is 1.06. The summed E-state index contributed by atoms with van der Waals surface area (Å²) >= 11 is 6.74. The van der Waals surface area contributed by atoms with Crippen molar-refractivity contribution in [3.8, 4) is 5.75 Å². The molecule has 0 saturated carbocycles. The predicted octanol–water partition coefficient (Wildman–Crippen LogP) is 3.63. The predicted molar refractivity (Wildman–Crippen MR) is 195 cm³/mol. The first-order valence-corrected chi connectivity index (χ1v) is 19.1. The van der Waals surface area contributed by atoms with Crippen LogP contribution in [0.5, 0.6) is 5.75 Å². The number of carbonyl (C=O) groups is 4. The minimum Gasteiger partial charge on any atom is -0.506 e. The average Bonchev–Trinajstić information content (AvgIpc) is 3.31. The Bertz CT molecular complexity index is 1570. The topological polar surface area (TPSA) is 158 Å². The van der Waals surface area contributed by atoms with Crippen molar-refractivity contribution in [3.05, 3.63) is 56.5 Å². The highest BCUT2D eigenvalue weighted by Gasteiger charge is 2.36. The number of benzene rings is 2. The zero-order chi connectivity index (χ0) is 36.1. The number of phenols is 1. The summed E-state index contributed by atoms with van der Waals surface area (Å²) in [5, 5.41) is 22.1. The first-order chi connectivity index (χ1) is 24.6. The Hall–Kier alpha value is -3.44. The van der Waals surface area contributed by atoms with Crippen molar-refractivity contribution < 1.29 is 34.2 Å². The number of hydrogen-bond acceptors (Lipinski definition) is 9. The summed E-state index contributed by atoms with van der Waals surface area (Å²) in [5.74, 6) is -0.633. The molecule has 4 aliphatic heterocycles. The van der Waals surface area contributed by atoms with Crippen LogP contribution < -0.4 is 10.8 Å². The van der Waals surface area contributed by atoms with Gasteiger partial charge in [0.05, 0.1) is 15.5 Å². The number of likely N-dealkylation sites (tertiary alicyclic amines) is 2. The van der Waals surface area contributed by atoms with E-state index in [4.69, 9.17) is 9.94 Å². The van der Waals surface area contributed by atoms with E-state index in [-0.39, 0.29) is 36.7 Å². The molecule has 1 atom stereocenters. The fraction of sp³-hybridized carbons (Fsp3) is 0.543. The summed E-state index contributed by atoms with van der Waals surface area (Å²) < 4.78 is 6.94. The largest absolute Gasteiger partial charge is 0.506 e. The number of aromatic hydroxyl groups is 1. The van der Waals surface area contributed by atoms with E-state index in [2.05, 4.69) is 42.1 Å². The Labute approximate surface area is 314 Å². The monoisotopic (exact) mass is 833 g/mol. The molecule has 0 radical (unpaired) electrons. The average molecular weight is 836 g/mol. The van der Waals surface area contributed by atoms with Gasteiger partial charge in [-0.15, -0.1) is 0 Å². The van der Waals surface area contributed by atoms with Gasteiger partial charge in [0.25, 0.3) is 11.8 Å². The van der Waals surface area contributed by atoms with Gasteiger partial charge in [0.1, 0.15) is 5.75 Å². The molecular formula is C35H45Br2N7O7. The number of rotatable bonds is 8. The summed E-state index contributed by atoms with van der Waals surface area (Å²) in [5.41, 5.74) is 4.34. The number of nitrogens with one attached hydrogen (secondary N) is 2. The van der Waals surface area contributed by atoms with E-state index in [1.807, 2.05) is 34.1 Å². The van der Waals surface area contributed by atoms with Gasteiger partial charge in [-0.25, -0.2) is 15.1 Å². The van der Waals surface area contributed by atoms with Gasteiger partial charge in [0, 0.05) is 83.1 Å². The number of piperidine rings is 2. The normalized spacial score (nSPS) is 20.3. The number of para-hydroxylation sites is 1. The number of fused-ring (bicyclic) bond motifs is 1. The third-order valence-corrected chi connectivity index (χ3v) is 11.7. The van der Waals surface area contributed by atoms with Crippen LogP contribution in [0.25, 0.3) is 0 Å². The maximum atomic E-state index is 14.1. The Morgan fingerprint density at radius 2 is 1.53 bits per heavy atom. The molecule has 0 aromatic heterocycles. The molecule has 1 unspecified atom stereocenters. The number of nitrogens with zero attached hydrogens (tertiary/aromatic N) is 5. The molecule has 3 saturated heterocycles. The second-order valence-electron chi connectivity index (χ2n) is 13.6. The summed E-state index contributed by atoms with van der Waals surface area (Å²) in [6.07, 6.45) is 2.25. The summed E-state index contributed by atoms with van der Waals surface area (Å²) in [6, 6.07) is 11.5. The molecular weight excluding hydrogens is 790 g/mol. The van der Waals surface area contributed by atoms with E-state index < -0.39 is 18.1 Å². The van der Waals surface area contributed by atoms with Crippen molar-refractivity contribution in [3.63, 3.8) is 0 Å². The fourth-order valence-electron chi connectivity index (χ4n) is 7.62. The Morgan fingerprint density at radius 3 is 2.20 bits per heavy atom. The molecule has 2 aromatic rings. The first kappa shape index (κ1) is 37.3. The molecule has 3 fully saturated rings. The zero-order valence-corrected chi connectivity index (χ0v) is 31.6. The highest BCUT2D eigenvalue weighted by atomic mass is 79.9. The van der Waals surface area contributed by atoms with Crippen LogP contribution in [0.4, 0.5) is 15.3 Å². The smallest absolute Gasteiger partial charge is 0.410 e. The van der Waals surface area contributed by atoms with E-state index in [1.165, 1.54) is 0 Å². The molecule has 0 spiro atoms. The maximum Gasteiger partial charge on any atom is 0.410 e. The van der Waals surface area contributed by atoms with E-state index in [9.17, 15) is 24.3 Å². The number of phenolic OH excluding ortho intramolecular Hbond substituents is 1. The highest BCUT2D eigenvalue weighted by Crippen LogP contribution is 2.34. The molecule has 2 aromatic carbocycles. The molecule has 0 bridgehead atoms. The van der Waals surface area contributed by atoms with Crippen LogP contribution in [0.1, 0.15) is 36.8 Å². The van der Waals surface area contributed by atoms with Gasteiger partial charge >= 0.3 is 12.1 Å². The van der Waals surface area contributed by atoms with Gasteiger partial charge in [-0.2, -0.15) is 0 Å². The minimum atomic E-state index is -1.07. The number of anilines is 1. The summed E-state index contributed by atoms with van der Waals surface area (Å²) in [6.45, 7) is 5.45. The van der Waals surface area contributed by atoms with Crippen LogP contribution in [0, 0.1) is 0 Å². The van der Waals surface area contributed by atoms with E-state index in [0.717, 1.165) is 43.6 Å². The second kappa shape index (κ2) is 16.9. The molecule has 4 aliphatic rings. The molecule has 5 amide bonds. The molecule has 16 heteroatoms. The lowest BCUT2D eigenvalue weighted by atomic mass is 10.0. The number of carbonyl (C=O) groups excluding carboxylic acids is 4. The lowest BCUT2D eigenvalue weighted by Gasteiger charge is -2.43. The Morgan fingerprint density at radius 1 is 0.882 bits per heavy atom. The zero-order valence-electron chi connectivity index (χ0n) is 28.4. The third kappa shape index (κ3) is 9.14. The second-order valence-corrected chi connectivity index (χ2v) is 15.3. The van der Waals surface area contributed by atoms with Crippen molar-refractivity contribution >= 4 is 61.5 Å². The van der Waals surface area contributed by atoms with Gasteiger partial charge in [-0.05, 0) is 93.3 Å². The van der Waals surface area contributed by atoms with E-state index >= 15 is 0 Å². The van der Waals surface area contributed by atoms with Crippen molar-refractivity contribution in [2.24, 2.45) is 0 Å². The summed E-state index contributed by atoms with van der Waals surface area (Å²) in [4.78, 5) is 62.0. The minimum absolute atomic E-state index is 0.0175. The number of amides is 5. The first-order valence-electron chi connectivity index (χ1n) is 17.6. The van der Waals surface area contributed by atoms with Crippen LogP contribution >= 0.6 is 31.9 Å². The van der Waals surface area contributed by atoms with Crippen LogP contribution in [-0.4, -0.2) is 142 Å². The molecule has 51 heavy (non-hydrogen) atoms. The summed E-state index contributed by atoms with van der Waals surface area (Å²) in [7, 11) is 0. The van der Waals surface area contributed by atoms with Gasteiger partial charge in [0.15, 0.2) is 6.10 Å². The molecule has 4 N–H and O–H groups in total. The molecule has 0 aliphatic carbocycles. The Kier molecular flexibility index (Phi) is 12.4. The molecule has 6 rings (SSSR count). The van der Waals surface area contributed by atoms with Crippen LogP contribution in [0.2, 0.25) is 0 Å². The lowest BCUT2D eigenvalue weighted by molar-refractivity contribution is -0.143. The van der Waals surface area contributed by atoms with Crippen molar-refractivity contribution in [2.45, 2.75) is 56.7 Å². The van der Waals surface area contributed by atoms with E-state index in [0.29, 0.717) is 79.2 Å². The molecule has 14 nitrogen and oxygen atoms in total. The highest BCUT2D eigenvalue weighted by molar-refractivity contribution is 9.11. The van der Waals surface area contributed by atoms with Gasteiger partial charge in [-0.1, -0.05) is 18.2 Å².